The summed E-state index contributed by atoms with van der Waals surface area (Å²) < 4.78 is 10.6. The van der Waals surface area contributed by atoms with Gasteiger partial charge in [0.2, 0.25) is 5.78 Å². The van der Waals surface area contributed by atoms with E-state index in [1.165, 1.54) is 6.08 Å². The highest BCUT2D eigenvalue weighted by molar-refractivity contribution is 6.07. The largest absolute Gasteiger partial charge is 0.485 e. The summed E-state index contributed by atoms with van der Waals surface area (Å²) in [4.78, 5) is 23.6. The number of hydrogen-bond acceptors (Lipinski definition) is 4. The predicted molar refractivity (Wildman–Crippen MR) is 63.2 cm³/mol. The van der Waals surface area contributed by atoms with Crippen LogP contribution >= 0.6 is 0 Å². The molecule has 0 spiro atoms. The lowest BCUT2D eigenvalue weighted by Gasteiger charge is -2.31. The normalized spacial score (nSPS) is 24.6. The van der Waals surface area contributed by atoms with Gasteiger partial charge in [0.25, 0.3) is 0 Å². The van der Waals surface area contributed by atoms with Crippen molar-refractivity contribution in [2.24, 2.45) is 5.41 Å². The van der Waals surface area contributed by atoms with Crippen LogP contribution in [0.4, 0.5) is 0 Å². The van der Waals surface area contributed by atoms with E-state index in [2.05, 4.69) is 0 Å². The van der Waals surface area contributed by atoms with Gasteiger partial charge in [0, 0.05) is 17.2 Å². The fourth-order valence-electron chi connectivity index (χ4n) is 2.15. The molecule has 0 fully saturated rings. The summed E-state index contributed by atoms with van der Waals surface area (Å²) in [5, 5.41) is 0. The number of rotatable bonds is 0. The zero-order valence-corrected chi connectivity index (χ0v) is 10.1. The van der Waals surface area contributed by atoms with Crippen molar-refractivity contribution >= 4 is 11.8 Å². The van der Waals surface area contributed by atoms with E-state index in [4.69, 9.17) is 9.47 Å². The third kappa shape index (κ3) is 1.45. The molecule has 0 aromatic carbocycles. The summed E-state index contributed by atoms with van der Waals surface area (Å²) in [6.07, 6.45) is 6.81. The summed E-state index contributed by atoms with van der Waals surface area (Å²) in [6, 6.07) is 0. The average molecular weight is 244 g/mol. The lowest BCUT2D eigenvalue weighted by Crippen LogP contribution is -2.32. The molecule has 4 heteroatoms. The van der Waals surface area contributed by atoms with Gasteiger partial charge in [-0.15, -0.1) is 0 Å². The number of esters is 1. The van der Waals surface area contributed by atoms with Gasteiger partial charge >= 0.3 is 5.97 Å². The highest BCUT2D eigenvalue weighted by Gasteiger charge is 2.39. The van der Waals surface area contributed by atoms with Crippen molar-refractivity contribution in [3.05, 3.63) is 47.0 Å². The Morgan fingerprint density at radius 3 is 2.83 bits per heavy atom. The number of allylic oxidation sites excluding steroid dienone is 3. The van der Waals surface area contributed by atoms with E-state index in [9.17, 15) is 9.59 Å². The molecule has 0 atom stereocenters. The number of carbonyl (C=O) groups excluding carboxylic acids is 2. The number of carbonyl (C=O) groups is 2. The van der Waals surface area contributed by atoms with Crippen LogP contribution in [0.25, 0.3) is 0 Å². The van der Waals surface area contributed by atoms with Crippen LogP contribution in [-0.4, -0.2) is 18.4 Å². The molecule has 3 aliphatic rings. The molecule has 0 aromatic rings. The second-order valence-corrected chi connectivity index (χ2v) is 5.00. The molecule has 2 aliphatic heterocycles. The van der Waals surface area contributed by atoms with Gasteiger partial charge in [0.05, 0.1) is 5.41 Å². The van der Waals surface area contributed by atoms with Crippen LogP contribution in [0.15, 0.2) is 47.0 Å². The summed E-state index contributed by atoms with van der Waals surface area (Å²) >= 11 is 0. The predicted octanol–water partition coefficient (Wildman–Crippen LogP) is 1.80. The van der Waals surface area contributed by atoms with Crippen LogP contribution < -0.4 is 0 Å². The minimum absolute atomic E-state index is 0.256. The van der Waals surface area contributed by atoms with Crippen LogP contribution in [-0.2, 0) is 19.1 Å². The first-order chi connectivity index (χ1) is 8.49. The Kier molecular flexibility index (Phi) is 2.11. The summed E-state index contributed by atoms with van der Waals surface area (Å²) in [5.74, 6) is 0.0449. The zero-order chi connectivity index (χ0) is 12.9. The fraction of sp³-hybridized carbons (Fsp3) is 0.286. The van der Waals surface area contributed by atoms with E-state index in [-0.39, 0.29) is 11.8 Å². The second-order valence-electron chi connectivity index (χ2n) is 5.00. The molecule has 0 amide bonds. The Morgan fingerprint density at radius 1 is 1.28 bits per heavy atom. The second kappa shape index (κ2) is 3.45. The first-order valence-corrected chi connectivity index (χ1v) is 5.74. The first kappa shape index (κ1) is 11.0. The quantitative estimate of drug-likeness (QED) is 0.610. The molecule has 2 heterocycles. The van der Waals surface area contributed by atoms with Gasteiger partial charge in [-0.25, -0.2) is 0 Å². The topological polar surface area (TPSA) is 52.6 Å². The van der Waals surface area contributed by atoms with Crippen molar-refractivity contribution < 1.29 is 19.1 Å². The molecular formula is C14H12O4. The molecule has 0 unspecified atom stereocenters. The number of hydrogen-bond donors (Lipinski definition) is 0. The lowest BCUT2D eigenvalue weighted by atomic mass is 9.83. The van der Waals surface area contributed by atoms with E-state index in [1.54, 1.807) is 13.8 Å². The molecule has 1 aliphatic carbocycles. The molecule has 4 nitrogen and oxygen atoms in total. The fourth-order valence-corrected chi connectivity index (χ4v) is 2.15. The summed E-state index contributed by atoms with van der Waals surface area (Å²) in [7, 11) is 0. The van der Waals surface area contributed by atoms with Gasteiger partial charge in [0.15, 0.2) is 5.76 Å². The highest BCUT2D eigenvalue weighted by Crippen LogP contribution is 2.40. The number of ether oxygens (including phenoxy) is 2. The molecule has 0 radical (unpaired) electrons. The molecule has 92 valence electrons. The van der Waals surface area contributed by atoms with Crippen molar-refractivity contribution in [1.29, 1.82) is 0 Å². The van der Waals surface area contributed by atoms with Crippen LogP contribution in [0.3, 0.4) is 0 Å². The molecule has 0 aromatic heterocycles. The lowest BCUT2D eigenvalue weighted by molar-refractivity contribution is -0.147. The third-order valence-electron chi connectivity index (χ3n) is 3.13. The molecule has 0 saturated heterocycles. The van der Waals surface area contributed by atoms with Crippen molar-refractivity contribution in [1.82, 2.24) is 0 Å². The SMILES string of the molecule is CC1(C)C=C2C(=CC(=O)C3=C2C=CCO3)OC1=O. The van der Waals surface area contributed by atoms with Crippen LogP contribution in [0.5, 0.6) is 0 Å². The van der Waals surface area contributed by atoms with Gasteiger partial charge in [-0.2, -0.15) is 0 Å². The highest BCUT2D eigenvalue weighted by atomic mass is 16.5. The van der Waals surface area contributed by atoms with Crippen LogP contribution in [0, 0.1) is 5.41 Å². The first-order valence-electron chi connectivity index (χ1n) is 5.74. The van der Waals surface area contributed by atoms with Crippen molar-refractivity contribution in [3.63, 3.8) is 0 Å². The molecule has 0 saturated carbocycles. The van der Waals surface area contributed by atoms with Gasteiger partial charge in [0.1, 0.15) is 12.4 Å². The van der Waals surface area contributed by atoms with E-state index in [1.807, 2.05) is 18.2 Å². The molecule has 0 N–H and O–H groups in total. The minimum Gasteiger partial charge on any atom is -0.485 e. The minimum atomic E-state index is -0.698. The van der Waals surface area contributed by atoms with Crippen LogP contribution in [0.1, 0.15) is 13.8 Å². The summed E-state index contributed by atoms with van der Waals surface area (Å²) in [6.45, 7) is 3.95. The zero-order valence-electron chi connectivity index (χ0n) is 10.1. The number of ketones is 1. The van der Waals surface area contributed by atoms with Gasteiger partial charge in [-0.1, -0.05) is 12.2 Å². The standard InChI is InChI=1S/C14H12O4/c1-14(2)7-9-8-4-3-5-17-12(8)10(15)6-11(9)18-13(14)16/h3-4,6-7H,5H2,1-2H3. The van der Waals surface area contributed by atoms with E-state index >= 15 is 0 Å². The molecular weight excluding hydrogens is 232 g/mol. The maximum Gasteiger partial charge on any atom is 0.320 e. The molecule has 18 heavy (non-hydrogen) atoms. The molecule has 0 bridgehead atoms. The Balaban J connectivity index is 2.19. The van der Waals surface area contributed by atoms with Gasteiger partial charge in [-0.05, 0) is 19.9 Å². The Bertz CT molecular complexity index is 585. The maximum atomic E-state index is 11.8. The van der Waals surface area contributed by atoms with E-state index < -0.39 is 5.41 Å². The summed E-state index contributed by atoms with van der Waals surface area (Å²) in [5.41, 5.74) is 0.755. The van der Waals surface area contributed by atoms with Crippen LogP contribution in [0.2, 0.25) is 0 Å². The molecule has 3 rings (SSSR count). The Hall–Kier alpha value is -2.10. The van der Waals surface area contributed by atoms with Crippen molar-refractivity contribution in [3.8, 4) is 0 Å². The third-order valence-corrected chi connectivity index (χ3v) is 3.13. The van der Waals surface area contributed by atoms with Gasteiger partial charge in [-0.3, -0.25) is 9.59 Å². The van der Waals surface area contributed by atoms with E-state index in [0.717, 1.165) is 5.57 Å². The number of fused-ring (bicyclic) bond motifs is 2. The Morgan fingerprint density at radius 2 is 2.06 bits per heavy atom. The monoisotopic (exact) mass is 244 g/mol. The van der Waals surface area contributed by atoms with E-state index in [0.29, 0.717) is 23.7 Å². The smallest absolute Gasteiger partial charge is 0.320 e. The van der Waals surface area contributed by atoms with Crippen molar-refractivity contribution in [2.75, 3.05) is 6.61 Å². The maximum absolute atomic E-state index is 11.8. The van der Waals surface area contributed by atoms with Crippen molar-refractivity contribution in [2.45, 2.75) is 13.8 Å². The average Bonchev–Trinajstić information content (AvgIpc) is 2.33. The van der Waals surface area contributed by atoms with Gasteiger partial charge < -0.3 is 9.47 Å². The Labute approximate surface area is 104 Å².